The highest BCUT2D eigenvalue weighted by atomic mass is 32.2. The van der Waals surface area contributed by atoms with Gasteiger partial charge in [0.05, 0.1) is 11.4 Å². The molecule has 29 heavy (non-hydrogen) atoms. The molecule has 3 aromatic rings. The smallest absolute Gasteiger partial charge is 0.258 e. The molecule has 1 aromatic heterocycles. The molecule has 8 heteroatoms. The summed E-state index contributed by atoms with van der Waals surface area (Å²) in [5, 5.41) is 5.92. The largest absolute Gasteiger partial charge is 0.326 e. The summed E-state index contributed by atoms with van der Waals surface area (Å²) in [6, 6.07) is 17.5. The molecule has 0 spiro atoms. The minimum absolute atomic E-state index is 0.0934. The number of para-hydroxylation sites is 1. The highest BCUT2D eigenvalue weighted by Crippen LogP contribution is 2.19. The van der Waals surface area contributed by atoms with Gasteiger partial charge >= 0.3 is 0 Å². The first kappa shape index (κ1) is 20.3. The summed E-state index contributed by atoms with van der Waals surface area (Å²) in [4.78, 5) is 40.3. The van der Waals surface area contributed by atoms with Crippen LogP contribution in [-0.4, -0.2) is 27.1 Å². The number of thioether (sulfide) groups is 1. The molecular formula is C21H20N4O3S. The third-order valence-corrected chi connectivity index (χ3v) is 4.79. The second kappa shape index (κ2) is 9.20. The van der Waals surface area contributed by atoms with Crippen LogP contribution in [0.25, 0.3) is 5.69 Å². The number of nitrogens with one attached hydrogen (secondary N) is 2. The van der Waals surface area contributed by atoms with E-state index < -0.39 is 0 Å². The van der Waals surface area contributed by atoms with E-state index in [1.807, 2.05) is 30.3 Å². The van der Waals surface area contributed by atoms with Gasteiger partial charge in [-0.25, -0.2) is 4.98 Å². The summed E-state index contributed by atoms with van der Waals surface area (Å²) >= 11 is 1.19. The molecule has 7 nitrogen and oxygen atoms in total. The van der Waals surface area contributed by atoms with E-state index in [0.717, 1.165) is 0 Å². The number of anilines is 2. The van der Waals surface area contributed by atoms with Gasteiger partial charge in [-0.05, 0) is 43.3 Å². The van der Waals surface area contributed by atoms with Crippen molar-refractivity contribution in [3.63, 3.8) is 0 Å². The fourth-order valence-electron chi connectivity index (χ4n) is 2.65. The molecule has 3 rings (SSSR count). The molecule has 0 radical (unpaired) electrons. The molecule has 0 saturated carbocycles. The van der Waals surface area contributed by atoms with Gasteiger partial charge in [0.2, 0.25) is 11.8 Å². The predicted molar refractivity (Wildman–Crippen MR) is 115 cm³/mol. The zero-order valence-corrected chi connectivity index (χ0v) is 16.8. The highest BCUT2D eigenvalue weighted by Gasteiger charge is 2.12. The van der Waals surface area contributed by atoms with Crippen LogP contribution < -0.4 is 16.2 Å². The minimum atomic E-state index is -0.224. The van der Waals surface area contributed by atoms with Crippen molar-refractivity contribution in [3.05, 3.63) is 76.7 Å². The van der Waals surface area contributed by atoms with Crippen LogP contribution in [0.15, 0.2) is 70.6 Å². The van der Waals surface area contributed by atoms with Gasteiger partial charge in [0.15, 0.2) is 5.16 Å². The molecule has 0 bridgehead atoms. The number of hydrogen-bond acceptors (Lipinski definition) is 5. The molecule has 0 aliphatic rings. The van der Waals surface area contributed by atoms with Crippen LogP contribution in [0.3, 0.4) is 0 Å². The summed E-state index contributed by atoms with van der Waals surface area (Å²) in [5.74, 6) is -0.290. The van der Waals surface area contributed by atoms with Crippen LogP contribution in [0.5, 0.6) is 0 Å². The van der Waals surface area contributed by atoms with Crippen LogP contribution in [-0.2, 0) is 9.59 Å². The van der Waals surface area contributed by atoms with Gasteiger partial charge in [0.1, 0.15) is 0 Å². The van der Waals surface area contributed by atoms with Gasteiger partial charge in [0.25, 0.3) is 5.56 Å². The topological polar surface area (TPSA) is 93.1 Å². The monoisotopic (exact) mass is 408 g/mol. The molecule has 2 amide bonds. The summed E-state index contributed by atoms with van der Waals surface area (Å²) in [5.41, 5.74) is 2.36. The Bertz CT molecular complexity index is 1080. The van der Waals surface area contributed by atoms with E-state index in [4.69, 9.17) is 0 Å². The van der Waals surface area contributed by atoms with E-state index in [0.29, 0.717) is 27.9 Å². The Morgan fingerprint density at radius 2 is 1.62 bits per heavy atom. The van der Waals surface area contributed by atoms with Crippen LogP contribution in [0.4, 0.5) is 11.4 Å². The molecule has 0 atom stereocenters. The number of nitrogens with zero attached hydrogens (tertiary/aromatic N) is 2. The van der Waals surface area contributed by atoms with Gasteiger partial charge in [-0.1, -0.05) is 30.0 Å². The number of carbonyl (C=O) groups is 2. The predicted octanol–water partition coefficient (Wildman–Crippen LogP) is 3.23. The van der Waals surface area contributed by atoms with Gasteiger partial charge in [-0.2, -0.15) is 0 Å². The van der Waals surface area contributed by atoms with Crippen molar-refractivity contribution >= 4 is 35.0 Å². The summed E-state index contributed by atoms with van der Waals surface area (Å²) in [6.07, 6.45) is 0. The second-order valence-corrected chi connectivity index (χ2v) is 7.23. The van der Waals surface area contributed by atoms with Crippen LogP contribution in [0, 0.1) is 6.92 Å². The zero-order valence-electron chi connectivity index (χ0n) is 16.0. The molecule has 0 saturated heterocycles. The van der Waals surface area contributed by atoms with Gasteiger partial charge < -0.3 is 10.6 Å². The fourth-order valence-corrected chi connectivity index (χ4v) is 3.51. The quantitative estimate of drug-likeness (QED) is 0.483. The van der Waals surface area contributed by atoms with E-state index in [1.165, 1.54) is 29.3 Å². The third-order valence-electron chi connectivity index (χ3n) is 3.85. The van der Waals surface area contributed by atoms with Crippen molar-refractivity contribution in [1.82, 2.24) is 9.55 Å². The first-order valence-electron chi connectivity index (χ1n) is 8.89. The molecule has 2 aromatic carbocycles. The summed E-state index contributed by atoms with van der Waals surface area (Å²) in [7, 11) is 0. The fraction of sp³-hybridized carbons (Fsp3) is 0.143. The van der Waals surface area contributed by atoms with E-state index in [1.54, 1.807) is 31.2 Å². The Kier molecular flexibility index (Phi) is 6.46. The van der Waals surface area contributed by atoms with Crippen molar-refractivity contribution in [1.29, 1.82) is 0 Å². The Morgan fingerprint density at radius 1 is 1.00 bits per heavy atom. The lowest BCUT2D eigenvalue weighted by Gasteiger charge is -2.12. The maximum absolute atomic E-state index is 12.5. The first-order valence-corrected chi connectivity index (χ1v) is 9.87. The standard InChI is InChI=1S/C21H20N4O3S/c1-14-12-20(28)25(18-6-4-3-5-7-18)21(22-14)29-13-19(27)24-17-10-8-16(9-11-17)23-15(2)26/h3-12H,13H2,1-2H3,(H,23,26)(H,24,27). The Labute approximate surface area is 172 Å². The average molecular weight is 408 g/mol. The second-order valence-electron chi connectivity index (χ2n) is 6.28. The summed E-state index contributed by atoms with van der Waals surface area (Å²) < 4.78 is 1.49. The van der Waals surface area contributed by atoms with Crippen LogP contribution in [0.1, 0.15) is 12.6 Å². The molecule has 0 aliphatic carbocycles. The number of rotatable bonds is 6. The first-order chi connectivity index (χ1) is 13.9. The number of hydrogen-bond donors (Lipinski definition) is 2. The maximum Gasteiger partial charge on any atom is 0.258 e. The molecule has 0 unspecified atom stereocenters. The third kappa shape index (κ3) is 5.55. The Morgan fingerprint density at radius 3 is 2.24 bits per heavy atom. The lowest BCUT2D eigenvalue weighted by molar-refractivity contribution is -0.114. The number of aryl methyl sites for hydroxylation is 1. The molecule has 0 fully saturated rings. The minimum Gasteiger partial charge on any atom is -0.326 e. The van der Waals surface area contributed by atoms with Crippen molar-refractivity contribution in [3.8, 4) is 5.69 Å². The lowest BCUT2D eigenvalue weighted by Crippen LogP contribution is -2.22. The SMILES string of the molecule is CC(=O)Nc1ccc(NC(=O)CSc2nc(C)cc(=O)n2-c2ccccc2)cc1. The van der Waals surface area contributed by atoms with Crippen molar-refractivity contribution in [2.45, 2.75) is 19.0 Å². The molecule has 0 aliphatic heterocycles. The lowest BCUT2D eigenvalue weighted by atomic mass is 10.3. The van der Waals surface area contributed by atoms with E-state index in [-0.39, 0.29) is 23.1 Å². The number of aromatic nitrogens is 2. The molecule has 148 valence electrons. The van der Waals surface area contributed by atoms with Crippen molar-refractivity contribution in [2.24, 2.45) is 0 Å². The number of amides is 2. The highest BCUT2D eigenvalue weighted by molar-refractivity contribution is 7.99. The Hall–Kier alpha value is -3.39. The van der Waals surface area contributed by atoms with Crippen LogP contribution in [0.2, 0.25) is 0 Å². The zero-order chi connectivity index (χ0) is 20.8. The van der Waals surface area contributed by atoms with Gasteiger partial charge in [-0.3, -0.25) is 19.0 Å². The Balaban J connectivity index is 1.70. The van der Waals surface area contributed by atoms with E-state index in [2.05, 4.69) is 15.6 Å². The molecule has 2 N–H and O–H groups in total. The molecular weight excluding hydrogens is 388 g/mol. The number of benzene rings is 2. The van der Waals surface area contributed by atoms with Gasteiger partial charge in [0, 0.05) is 30.1 Å². The van der Waals surface area contributed by atoms with Crippen molar-refractivity contribution < 1.29 is 9.59 Å². The number of carbonyl (C=O) groups excluding carboxylic acids is 2. The normalized spacial score (nSPS) is 10.4. The van der Waals surface area contributed by atoms with E-state index in [9.17, 15) is 14.4 Å². The van der Waals surface area contributed by atoms with Gasteiger partial charge in [-0.15, -0.1) is 0 Å². The van der Waals surface area contributed by atoms with E-state index >= 15 is 0 Å². The van der Waals surface area contributed by atoms with Crippen molar-refractivity contribution in [2.75, 3.05) is 16.4 Å². The maximum atomic E-state index is 12.5. The van der Waals surface area contributed by atoms with Crippen LogP contribution >= 0.6 is 11.8 Å². The molecule has 1 heterocycles. The average Bonchev–Trinajstić information content (AvgIpc) is 2.68. The summed E-state index contributed by atoms with van der Waals surface area (Å²) in [6.45, 7) is 3.18.